The van der Waals surface area contributed by atoms with E-state index in [1.54, 1.807) is 16.7 Å². The Bertz CT molecular complexity index is 808. The molecule has 1 aromatic heterocycles. The second kappa shape index (κ2) is 8.10. The van der Waals surface area contributed by atoms with E-state index in [2.05, 4.69) is 0 Å². The molecule has 1 atom stereocenters. The minimum atomic E-state index is -0.546. The van der Waals surface area contributed by atoms with Gasteiger partial charge in [0.25, 0.3) is 5.91 Å². The highest BCUT2D eigenvalue weighted by atomic mass is 35.5. The Hall–Kier alpha value is -2.05. The van der Waals surface area contributed by atoms with Crippen LogP contribution in [0.3, 0.4) is 0 Å². The Kier molecular flexibility index (Phi) is 5.84. The van der Waals surface area contributed by atoms with Crippen molar-refractivity contribution in [2.45, 2.75) is 32.9 Å². The molecule has 2 amide bonds. The molecule has 2 aromatic rings. The maximum Gasteiger partial charge on any atom is 0.267 e. The molecule has 26 heavy (non-hydrogen) atoms. The Morgan fingerprint density at radius 3 is 2.77 bits per heavy atom. The van der Waals surface area contributed by atoms with Gasteiger partial charge in [0.05, 0.1) is 16.6 Å². The number of para-hydroxylation sites is 2. The van der Waals surface area contributed by atoms with E-state index < -0.39 is 6.10 Å². The first-order chi connectivity index (χ1) is 12.5. The zero-order valence-corrected chi connectivity index (χ0v) is 16.3. The fourth-order valence-corrected chi connectivity index (χ4v) is 4.06. The van der Waals surface area contributed by atoms with Gasteiger partial charge in [0.1, 0.15) is 5.75 Å². The molecule has 1 unspecified atom stereocenters. The summed E-state index contributed by atoms with van der Waals surface area (Å²) in [6.07, 6.45) is -0.282. The molecule has 0 N–H and O–H groups in total. The third-order valence-corrected chi connectivity index (χ3v) is 5.55. The number of carbonyl (C=O) groups excluding carboxylic acids is 2. The minimum absolute atomic E-state index is 0.0152. The van der Waals surface area contributed by atoms with Crippen LogP contribution in [0.15, 0.2) is 36.4 Å². The summed E-state index contributed by atoms with van der Waals surface area (Å²) in [4.78, 5) is 29.6. The fourth-order valence-electron chi connectivity index (χ4n) is 2.96. The van der Waals surface area contributed by atoms with E-state index in [0.29, 0.717) is 29.7 Å². The number of hydrogen-bond acceptors (Lipinski definition) is 4. The smallest absolute Gasteiger partial charge is 0.267 e. The van der Waals surface area contributed by atoms with E-state index in [0.717, 1.165) is 10.6 Å². The van der Waals surface area contributed by atoms with Gasteiger partial charge < -0.3 is 14.5 Å². The SMILES string of the molecule is CCN(Cc1ccc(Cl)s1)C(=O)CCN1C(=O)C(C)Oc2ccccc21. The lowest BCUT2D eigenvalue weighted by Crippen LogP contribution is -2.46. The van der Waals surface area contributed by atoms with Gasteiger partial charge in [-0.3, -0.25) is 9.59 Å². The Labute approximate surface area is 162 Å². The number of ether oxygens (including phenoxy) is 1. The second-order valence-corrected chi connectivity index (χ2v) is 7.88. The monoisotopic (exact) mass is 392 g/mol. The number of fused-ring (bicyclic) bond motifs is 1. The molecule has 0 saturated heterocycles. The summed E-state index contributed by atoms with van der Waals surface area (Å²) in [7, 11) is 0. The van der Waals surface area contributed by atoms with Crippen LogP contribution in [0.25, 0.3) is 0 Å². The second-order valence-electron chi connectivity index (χ2n) is 6.08. The number of carbonyl (C=O) groups is 2. The summed E-state index contributed by atoms with van der Waals surface area (Å²) in [6.45, 7) is 5.16. The van der Waals surface area contributed by atoms with Gasteiger partial charge >= 0.3 is 0 Å². The van der Waals surface area contributed by atoms with Crippen LogP contribution in [0.4, 0.5) is 5.69 Å². The highest BCUT2D eigenvalue weighted by Gasteiger charge is 2.31. The number of hydrogen-bond donors (Lipinski definition) is 0. The molecule has 1 aliphatic heterocycles. The topological polar surface area (TPSA) is 49.9 Å². The molecule has 0 fully saturated rings. The lowest BCUT2D eigenvalue weighted by molar-refractivity contribution is -0.131. The molecular formula is C19H21ClN2O3S. The van der Waals surface area contributed by atoms with Crippen LogP contribution in [0.5, 0.6) is 5.75 Å². The molecule has 3 rings (SSSR count). The van der Waals surface area contributed by atoms with Crippen molar-refractivity contribution in [3.8, 4) is 5.75 Å². The first-order valence-electron chi connectivity index (χ1n) is 8.58. The number of amides is 2. The largest absolute Gasteiger partial charge is 0.479 e. The fraction of sp³-hybridized carbons (Fsp3) is 0.368. The molecule has 2 heterocycles. The van der Waals surface area contributed by atoms with Crippen LogP contribution in [0.2, 0.25) is 4.34 Å². The van der Waals surface area contributed by atoms with Gasteiger partial charge in [0.15, 0.2) is 6.10 Å². The zero-order valence-electron chi connectivity index (χ0n) is 14.8. The van der Waals surface area contributed by atoms with Crippen LogP contribution in [-0.2, 0) is 16.1 Å². The summed E-state index contributed by atoms with van der Waals surface area (Å²) >= 11 is 7.44. The molecule has 1 aliphatic rings. The number of anilines is 1. The molecule has 0 bridgehead atoms. The van der Waals surface area contributed by atoms with Gasteiger partial charge in [-0.25, -0.2) is 0 Å². The summed E-state index contributed by atoms with van der Waals surface area (Å²) < 4.78 is 6.35. The first kappa shape index (κ1) is 18.7. The first-order valence-corrected chi connectivity index (χ1v) is 9.78. The van der Waals surface area contributed by atoms with Gasteiger partial charge in [-0.15, -0.1) is 11.3 Å². The van der Waals surface area contributed by atoms with Crippen molar-refractivity contribution in [2.24, 2.45) is 0 Å². The van der Waals surface area contributed by atoms with Crippen LogP contribution in [-0.4, -0.2) is 35.9 Å². The predicted octanol–water partition coefficient (Wildman–Crippen LogP) is 3.95. The van der Waals surface area contributed by atoms with Crippen molar-refractivity contribution in [1.29, 1.82) is 0 Å². The van der Waals surface area contributed by atoms with Gasteiger partial charge in [-0.2, -0.15) is 0 Å². The predicted molar refractivity (Wildman–Crippen MR) is 104 cm³/mol. The normalized spacial score (nSPS) is 16.2. The van der Waals surface area contributed by atoms with E-state index in [4.69, 9.17) is 16.3 Å². The summed E-state index contributed by atoms with van der Waals surface area (Å²) in [5.41, 5.74) is 0.719. The van der Waals surface area contributed by atoms with Crippen molar-refractivity contribution in [3.05, 3.63) is 45.6 Å². The molecule has 138 valence electrons. The summed E-state index contributed by atoms with van der Waals surface area (Å²) in [5, 5.41) is 0. The Balaban J connectivity index is 1.67. The number of nitrogens with zero attached hydrogens (tertiary/aromatic N) is 2. The molecule has 7 heteroatoms. The van der Waals surface area contributed by atoms with Gasteiger partial charge in [-0.1, -0.05) is 23.7 Å². The highest BCUT2D eigenvalue weighted by molar-refractivity contribution is 7.16. The number of rotatable bonds is 6. The minimum Gasteiger partial charge on any atom is -0.479 e. The molecule has 0 saturated carbocycles. The van der Waals surface area contributed by atoms with Gasteiger partial charge in [0.2, 0.25) is 5.91 Å². The van der Waals surface area contributed by atoms with Gasteiger partial charge in [-0.05, 0) is 38.1 Å². The quantitative estimate of drug-likeness (QED) is 0.747. The maximum absolute atomic E-state index is 12.7. The lowest BCUT2D eigenvalue weighted by Gasteiger charge is -2.33. The van der Waals surface area contributed by atoms with Crippen molar-refractivity contribution < 1.29 is 14.3 Å². The van der Waals surface area contributed by atoms with Gasteiger partial charge in [0, 0.05) is 24.4 Å². The maximum atomic E-state index is 12.7. The number of benzene rings is 1. The zero-order chi connectivity index (χ0) is 18.7. The van der Waals surface area contributed by atoms with Crippen LogP contribution < -0.4 is 9.64 Å². The van der Waals surface area contributed by atoms with E-state index in [1.807, 2.05) is 43.3 Å². The standard InChI is InChI=1S/C19H21ClN2O3S/c1-3-21(12-14-8-9-17(20)26-14)18(23)10-11-22-15-6-4-5-7-16(15)25-13(2)19(22)24/h4-9,13H,3,10-12H2,1-2H3. The molecule has 0 aliphatic carbocycles. The molecule has 0 spiro atoms. The Morgan fingerprint density at radius 2 is 2.08 bits per heavy atom. The van der Waals surface area contributed by atoms with E-state index in [-0.39, 0.29) is 18.2 Å². The van der Waals surface area contributed by atoms with Crippen LogP contribution >= 0.6 is 22.9 Å². The average Bonchev–Trinajstić information content (AvgIpc) is 3.04. The lowest BCUT2D eigenvalue weighted by atomic mass is 10.1. The van der Waals surface area contributed by atoms with Crippen molar-refractivity contribution in [1.82, 2.24) is 4.90 Å². The highest BCUT2D eigenvalue weighted by Crippen LogP contribution is 2.33. The number of thiophene rings is 1. The summed E-state index contributed by atoms with van der Waals surface area (Å²) in [5.74, 6) is 0.568. The molecular weight excluding hydrogens is 372 g/mol. The third-order valence-electron chi connectivity index (χ3n) is 4.33. The third kappa shape index (κ3) is 4.02. The van der Waals surface area contributed by atoms with Crippen LogP contribution in [0.1, 0.15) is 25.1 Å². The van der Waals surface area contributed by atoms with E-state index in [9.17, 15) is 9.59 Å². The van der Waals surface area contributed by atoms with Crippen molar-refractivity contribution in [3.63, 3.8) is 0 Å². The van der Waals surface area contributed by atoms with Crippen LogP contribution in [0, 0.1) is 0 Å². The average molecular weight is 393 g/mol. The number of halogens is 1. The van der Waals surface area contributed by atoms with E-state index >= 15 is 0 Å². The summed E-state index contributed by atoms with van der Waals surface area (Å²) in [6, 6.07) is 11.2. The van der Waals surface area contributed by atoms with Crippen molar-refractivity contribution >= 4 is 40.4 Å². The molecule has 1 aromatic carbocycles. The Morgan fingerprint density at radius 1 is 1.31 bits per heavy atom. The van der Waals surface area contributed by atoms with E-state index in [1.165, 1.54) is 11.3 Å². The molecule has 5 nitrogen and oxygen atoms in total. The van der Waals surface area contributed by atoms with Crippen molar-refractivity contribution in [2.75, 3.05) is 18.0 Å². The molecule has 0 radical (unpaired) electrons.